The molecule has 4 nitrogen and oxygen atoms in total. The van der Waals surface area contributed by atoms with Crippen LogP contribution in [0.3, 0.4) is 0 Å². The fourth-order valence-electron chi connectivity index (χ4n) is 2.13. The van der Waals surface area contributed by atoms with Crippen molar-refractivity contribution in [1.29, 1.82) is 0 Å². The van der Waals surface area contributed by atoms with Crippen molar-refractivity contribution >= 4 is 5.97 Å². The van der Waals surface area contributed by atoms with Gasteiger partial charge in [-0.25, -0.2) is 0 Å². The number of carbonyl (C=O) groups excluding carboxylic acids is 1. The van der Waals surface area contributed by atoms with Gasteiger partial charge in [0.05, 0.1) is 20.1 Å². The first kappa shape index (κ1) is 16.5. The van der Waals surface area contributed by atoms with E-state index in [1.165, 1.54) is 0 Å². The smallest absolute Gasteiger partial charge is 0.307 e. The van der Waals surface area contributed by atoms with Crippen molar-refractivity contribution in [3.8, 4) is 5.75 Å². The molecule has 0 aliphatic rings. The van der Waals surface area contributed by atoms with Crippen molar-refractivity contribution in [2.24, 2.45) is 0 Å². The number of rotatable bonds is 8. The van der Waals surface area contributed by atoms with Gasteiger partial charge in [-0.2, -0.15) is 0 Å². The zero-order valence-electron chi connectivity index (χ0n) is 12.9. The first-order valence-electron chi connectivity index (χ1n) is 7.15. The summed E-state index contributed by atoms with van der Waals surface area (Å²) in [6.45, 7) is 7.22. The summed E-state index contributed by atoms with van der Waals surface area (Å²) >= 11 is 0. The SMILES string of the molecule is CCCNC(CC(=O)OCC)c1ccc(OC)c(C)c1. The van der Waals surface area contributed by atoms with E-state index < -0.39 is 0 Å². The fraction of sp³-hybridized carbons (Fsp3) is 0.562. The summed E-state index contributed by atoms with van der Waals surface area (Å²) in [5.74, 6) is 0.689. The second-order valence-corrected chi connectivity index (χ2v) is 4.74. The van der Waals surface area contributed by atoms with Gasteiger partial charge in [-0.15, -0.1) is 0 Å². The molecule has 0 fully saturated rings. The van der Waals surface area contributed by atoms with E-state index in [0.29, 0.717) is 13.0 Å². The maximum atomic E-state index is 11.7. The van der Waals surface area contributed by atoms with Crippen LogP contribution in [-0.4, -0.2) is 26.2 Å². The molecule has 1 atom stereocenters. The van der Waals surface area contributed by atoms with Gasteiger partial charge in [0.15, 0.2) is 0 Å². The van der Waals surface area contributed by atoms with Crippen molar-refractivity contribution in [1.82, 2.24) is 5.32 Å². The van der Waals surface area contributed by atoms with E-state index in [0.717, 1.165) is 29.8 Å². The van der Waals surface area contributed by atoms with E-state index in [1.807, 2.05) is 26.0 Å². The highest BCUT2D eigenvalue weighted by atomic mass is 16.5. The Balaban J connectivity index is 2.86. The quantitative estimate of drug-likeness (QED) is 0.743. The third-order valence-corrected chi connectivity index (χ3v) is 3.14. The van der Waals surface area contributed by atoms with Crippen LogP contribution in [0.4, 0.5) is 0 Å². The molecule has 0 saturated carbocycles. The Hall–Kier alpha value is -1.55. The molecule has 1 aromatic carbocycles. The molecule has 1 unspecified atom stereocenters. The zero-order chi connectivity index (χ0) is 15.0. The Morgan fingerprint density at radius 3 is 2.65 bits per heavy atom. The number of benzene rings is 1. The highest BCUT2D eigenvalue weighted by Crippen LogP contribution is 2.24. The molecule has 4 heteroatoms. The average molecular weight is 279 g/mol. The number of methoxy groups -OCH3 is 1. The Morgan fingerprint density at radius 2 is 2.10 bits per heavy atom. The molecule has 0 aliphatic carbocycles. The summed E-state index contributed by atoms with van der Waals surface area (Å²) in [6, 6.07) is 5.99. The predicted octanol–water partition coefficient (Wildman–Crippen LogP) is 3.00. The van der Waals surface area contributed by atoms with Gasteiger partial charge >= 0.3 is 5.97 Å². The van der Waals surface area contributed by atoms with Gasteiger partial charge in [0.25, 0.3) is 0 Å². The fourth-order valence-corrected chi connectivity index (χ4v) is 2.13. The number of esters is 1. The van der Waals surface area contributed by atoms with E-state index in [4.69, 9.17) is 9.47 Å². The third kappa shape index (κ3) is 4.85. The minimum Gasteiger partial charge on any atom is -0.496 e. The third-order valence-electron chi connectivity index (χ3n) is 3.14. The molecule has 0 aliphatic heterocycles. The van der Waals surface area contributed by atoms with Crippen LogP contribution < -0.4 is 10.1 Å². The Kier molecular flexibility index (Phi) is 7.09. The molecule has 0 heterocycles. The number of nitrogens with one attached hydrogen (secondary N) is 1. The summed E-state index contributed by atoms with van der Waals surface area (Å²) < 4.78 is 10.3. The van der Waals surface area contributed by atoms with Crippen LogP contribution in [-0.2, 0) is 9.53 Å². The maximum absolute atomic E-state index is 11.7. The average Bonchev–Trinajstić information content (AvgIpc) is 2.43. The molecule has 20 heavy (non-hydrogen) atoms. The van der Waals surface area contributed by atoms with Gasteiger partial charge in [0.1, 0.15) is 5.75 Å². The molecule has 0 saturated heterocycles. The molecule has 1 N–H and O–H groups in total. The van der Waals surface area contributed by atoms with E-state index >= 15 is 0 Å². The molecule has 112 valence electrons. The molecular formula is C16H25NO3. The van der Waals surface area contributed by atoms with Gasteiger partial charge in [-0.1, -0.05) is 19.1 Å². The van der Waals surface area contributed by atoms with Crippen LogP contribution in [0.15, 0.2) is 18.2 Å². The number of ether oxygens (including phenoxy) is 2. The first-order chi connectivity index (χ1) is 9.62. The summed E-state index contributed by atoms with van der Waals surface area (Å²) in [4.78, 5) is 11.7. The summed E-state index contributed by atoms with van der Waals surface area (Å²) in [7, 11) is 1.66. The topological polar surface area (TPSA) is 47.6 Å². The van der Waals surface area contributed by atoms with Crippen molar-refractivity contribution in [3.05, 3.63) is 29.3 Å². The van der Waals surface area contributed by atoms with Gasteiger partial charge in [-0.3, -0.25) is 4.79 Å². The molecule has 1 aromatic rings. The van der Waals surface area contributed by atoms with Crippen molar-refractivity contribution < 1.29 is 14.3 Å². The van der Waals surface area contributed by atoms with Crippen LogP contribution in [0.5, 0.6) is 5.75 Å². The summed E-state index contributed by atoms with van der Waals surface area (Å²) in [5.41, 5.74) is 2.15. The molecule has 0 spiro atoms. The van der Waals surface area contributed by atoms with E-state index in [1.54, 1.807) is 7.11 Å². The lowest BCUT2D eigenvalue weighted by Gasteiger charge is -2.19. The van der Waals surface area contributed by atoms with Crippen molar-refractivity contribution in [2.75, 3.05) is 20.3 Å². The van der Waals surface area contributed by atoms with E-state index in [2.05, 4.69) is 18.3 Å². The predicted molar refractivity (Wildman–Crippen MR) is 80.0 cm³/mol. The van der Waals surface area contributed by atoms with Gasteiger partial charge in [-0.05, 0) is 44.0 Å². The molecule has 0 aromatic heterocycles. The lowest BCUT2D eigenvalue weighted by Crippen LogP contribution is -2.25. The minimum atomic E-state index is -0.172. The Morgan fingerprint density at radius 1 is 1.35 bits per heavy atom. The lowest BCUT2D eigenvalue weighted by molar-refractivity contribution is -0.143. The van der Waals surface area contributed by atoms with E-state index in [9.17, 15) is 4.79 Å². The van der Waals surface area contributed by atoms with Crippen LogP contribution in [0, 0.1) is 6.92 Å². The first-order valence-corrected chi connectivity index (χ1v) is 7.15. The number of aryl methyl sites for hydroxylation is 1. The van der Waals surface area contributed by atoms with E-state index in [-0.39, 0.29) is 12.0 Å². The van der Waals surface area contributed by atoms with Gasteiger partial charge in [0, 0.05) is 6.04 Å². The molecule has 0 radical (unpaired) electrons. The van der Waals surface area contributed by atoms with Crippen molar-refractivity contribution in [2.45, 2.75) is 39.7 Å². The zero-order valence-corrected chi connectivity index (χ0v) is 12.9. The minimum absolute atomic E-state index is 0.0152. The Labute approximate surface area is 121 Å². The maximum Gasteiger partial charge on any atom is 0.307 e. The second kappa shape index (κ2) is 8.59. The molecule has 0 amide bonds. The van der Waals surface area contributed by atoms with Gasteiger partial charge < -0.3 is 14.8 Å². The molecular weight excluding hydrogens is 254 g/mol. The summed E-state index contributed by atoms with van der Waals surface area (Å²) in [5, 5.41) is 3.40. The Bertz CT molecular complexity index is 432. The second-order valence-electron chi connectivity index (χ2n) is 4.74. The van der Waals surface area contributed by atoms with Crippen molar-refractivity contribution in [3.63, 3.8) is 0 Å². The lowest BCUT2D eigenvalue weighted by atomic mass is 10.0. The largest absolute Gasteiger partial charge is 0.496 e. The summed E-state index contributed by atoms with van der Waals surface area (Å²) in [6.07, 6.45) is 1.37. The molecule has 0 bridgehead atoms. The monoisotopic (exact) mass is 279 g/mol. The van der Waals surface area contributed by atoms with Crippen LogP contribution in [0.1, 0.15) is 43.9 Å². The standard InChI is InChI=1S/C16H25NO3/c1-5-9-17-14(11-16(18)20-6-2)13-7-8-15(19-4)12(3)10-13/h7-8,10,14,17H,5-6,9,11H2,1-4H3. The van der Waals surface area contributed by atoms with Crippen LogP contribution >= 0.6 is 0 Å². The number of hydrogen-bond acceptors (Lipinski definition) is 4. The number of hydrogen-bond donors (Lipinski definition) is 1. The highest BCUT2D eigenvalue weighted by molar-refractivity contribution is 5.70. The van der Waals surface area contributed by atoms with Crippen LogP contribution in [0.25, 0.3) is 0 Å². The molecule has 1 rings (SSSR count). The van der Waals surface area contributed by atoms with Gasteiger partial charge in [0.2, 0.25) is 0 Å². The highest BCUT2D eigenvalue weighted by Gasteiger charge is 2.17. The normalized spacial score (nSPS) is 12.0. The van der Waals surface area contributed by atoms with Crippen LogP contribution in [0.2, 0.25) is 0 Å². The number of carbonyl (C=O) groups is 1.